The molecule has 0 aliphatic heterocycles. The van der Waals surface area contributed by atoms with Crippen LogP contribution in [-0.2, 0) is 6.18 Å². The summed E-state index contributed by atoms with van der Waals surface area (Å²) in [6.45, 7) is 0. The van der Waals surface area contributed by atoms with E-state index in [4.69, 9.17) is 5.26 Å². The normalized spacial score (nSPS) is 11.7. The fourth-order valence-corrected chi connectivity index (χ4v) is 1.33. The predicted octanol–water partition coefficient (Wildman–Crippen LogP) is 3.99. The molecule has 1 nitrogen and oxygen atoms in total. The van der Waals surface area contributed by atoms with Crippen LogP contribution in [0.1, 0.15) is 16.7 Å². The van der Waals surface area contributed by atoms with Crippen molar-refractivity contribution >= 4 is 22.0 Å². The van der Waals surface area contributed by atoms with Crippen LogP contribution in [-0.4, -0.2) is 5.33 Å². The molecular formula is C11H7BrF3N. The molecule has 0 aromatic heterocycles. The molecule has 0 aliphatic rings. The molecule has 1 rings (SSSR count). The first-order valence-electron chi connectivity index (χ1n) is 4.33. The van der Waals surface area contributed by atoms with Crippen molar-refractivity contribution in [3.63, 3.8) is 0 Å². The summed E-state index contributed by atoms with van der Waals surface area (Å²) in [5.74, 6) is 0. The van der Waals surface area contributed by atoms with Crippen LogP contribution in [0.3, 0.4) is 0 Å². The monoisotopic (exact) mass is 289 g/mol. The van der Waals surface area contributed by atoms with Crippen molar-refractivity contribution in [1.82, 2.24) is 0 Å². The van der Waals surface area contributed by atoms with Gasteiger partial charge < -0.3 is 0 Å². The highest BCUT2D eigenvalue weighted by Crippen LogP contribution is 2.30. The molecule has 16 heavy (non-hydrogen) atoms. The van der Waals surface area contributed by atoms with Crippen LogP contribution in [0.15, 0.2) is 24.3 Å². The molecule has 0 saturated carbocycles. The lowest BCUT2D eigenvalue weighted by molar-refractivity contribution is -0.137. The van der Waals surface area contributed by atoms with Gasteiger partial charge in [0, 0.05) is 5.33 Å². The Morgan fingerprint density at radius 3 is 2.56 bits per heavy atom. The minimum atomic E-state index is -4.41. The third-order valence-electron chi connectivity index (χ3n) is 1.89. The molecule has 0 aliphatic carbocycles. The van der Waals surface area contributed by atoms with Crippen molar-refractivity contribution < 1.29 is 13.2 Å². The summed E-state index contributed by atoms with van der Waals surface area (Å²) >= 11 is 3.15. The predicted molar refractivity (Wildman–Crippen MR) is 59.0 cm³/mol. The topological polar surface area (TPSA) is 23.8 Å². The molecule has 5 heteroatoms. The Bertz CT molecular complexity index is 444. The SMILES string of the molecule is N#Cc1cc(C(F)(F)F)ccc1C=CCBr. The second-order valence-electron chi connectivity index (χ2n) is 2.97. The number of allylic oxidation sites excluding steroid dienone is 1. The Morgan fingerprint density at radius 1 is 1.38 bits per heavy atom. The van der Waals surface area contributed by atoms with E-state index in [1.54, 1.807) is 18.2 Å². The second kappa shape index (κ2) is 5.17. The van der Waals surface area contributed by atoms with E-state index >= 15 is 0 Å². The van der Waals surface area contributed by atoms with Gasteiger partial charge in [0.25, 0.3) is 0 Å². The number of rotatable bonds is 2. The van der Waals surface area contributed by atoms with Crippen molar-refractivity contribution in [3.8, 4) is 6.07 Å². The fraction of sp³-hybridized carbons (Fsp3) is 0.182. The molecule has 0 amide bonds. The van der Waals surface area contributed by atoms with Crippen molar-refractivity contribution in [2.75, 3.05) is 5.33 Å². The van der Waals surface area contributed by atoms with Crippen molar-refractivity contribution in [2.24, 2.45) is 0 Å². The molecule has 0 spiro atoms. The molecule has 0 N–H and O–H groups in total. The number of halogens is 4. The highest BCUT2D eigenvalue weighted by molar-refractivity contribution is 9.09. The molecule has 0 bridgehead atoms. The Morgan fingerprint density at radius 2 is 2.06 bits per heavy atom. The van der Waals surface area contributed by atoms with E-state index in [2.05, 4.69) is 15.9 Å². The molecule has 1 aromatic carbocycles. The first-order chi connectivity index (χ1) is 7.49. The molecule has 0 saturated heterocycles. The minimum absolute atomic E-state index is 0.0204. The highest BCUT2D eigenvalue weighted by atomic mass is 79.9. The number of hydrogen-bond acceptors (Lipinski definition) is 1. The van der Waals surface area contributed by atoms with Gasteiger partial charge in [-0.05, 0) is 17.7 Å². The molecule has 84 valence electrons. The number of nitriles is 1. The fourth-order valence-electron chi connectivity index (χ4n) is 1.15. The standard InChI is InChI=1S/C11H7BrF3N/c12-5-1-2-8-3-4-10(11(13,14)15)6-9(8)7-16/h1-4,6H,5H2. The molecule has 0 fully saturated rings. The zero-order valence-corrected chi connectivity index (χ0v) is 9.64. The smallest absolute Gasteiger partial charge is 0.192 e. The van der Waals surface area contributed by atoms with Gasteiger partial charge >= 0.3 is 6.18 Å². The Kier molecular flexibility index (Phi) is 4.13. The molecule has 0 heterocycles. The van der Waals surface area contributed by atoms with Gasteiger partial charge in [0.05, 0.1) is 17.2 Å². The lowest BCUT2D eigenvalue weighted by atomic mass is 10.0. The summed E-state index contributed by atoms with van der Waals surface area (Å²) in [6, 6.07) is 4.86. The Labute approximate surface area is 99.3 Å². The lowest BCUT2D eigenvalue weighted by Gasteiger charge is -2.07. The first kappa shape index (κ1) is 12.8. The minimum Gasteiger partial charge on any atom is -0.192 e. The maximum absolute atomic E-state index is 12.4. The van der Waals surface area contributed by atoms with Gasteiger partial charge in [0.1, 0.15) is 0 Å². The van der Waals surface area contributed by atoms with Gasteiger partial charge in [-0.3, -0.25) is 0 Å². The van der Waals surface area contributed by atoms with Gasteiger partial charge in [-0.25, -0.2) is 0 Å². The van der Waals surface area contributed by atoms with E-state index < -0.39 is 11.7 Å². The van der Waals surface area contributed by atoms with Crippen LogP contribution in [0, 0.1) is 11.3 Å². The summed E-state index contributed by atoms with van der Waals surface area (Å²) < 4.78 is 37.1. The van der Waals surface area contributed by atoms with E-state index in [-0.39, 0.29) is 5.56 Å². The number of hydrogen-bond donors (Lipinski definition) is 0. The zero-order chi connectivity index (χ0) is 12.2. The summed E-state index contributed by atoms with van der Waals surface area (Å²) in [5.41, 5.74) is -0.304. The average Bonchev–Trinajstić information content (AvgIpc) is 2.24. The molecule has 0 unspecified atom stereocenters. The molecular weight excluding hydrogens is 283 g/mol. The van der Waals surface area contributed by atoms with E-state index in [1.165, 1.54) is 6.07 Å². The Balaban J connectivity index is 3.18. The summed E-state index contributed by atoms with van der Waals surface area (Å²) in [4.78, 5) is 0. The number of benzene rings is 1. The van der Waals surface area contributed by atoms with Crippen molar-refractivity contribution in [3.05, 3.63) is 41.0 Å². The van der Waals surface area contributed by atoms with Crippen LogP contribution >= 0.6 is 15.9 Å². The van der Waals surface area contributed by atoms with Crippen LogP contribution in [0.4, 0.5) is 13.2 Å². The van der Waals surface area contributed by atoms with E-state index in [9.17, 15) is 13.2 Å². The van der Waals surface area contributed by atoms with Crippen LogP contribution in [0.25, 0.3) is 6.08 Å². The molecule has 1 aromatic rings. The van der Waals surface area contributed by atoms with Crippen LogP contribution < -0.4 is 0 Å². The summed E-state index contributed by atoms with van der Waals surface area (Å²) in [6.07, 6.45) is -1.10. The van der Waals surface area contributed by atoms with E-state index in [0.29, 0.717) is 10.9 Å². The Hall–Kier alpha value is -1.28. The highest BCUT2D eigenvalue weighted by Gasteiger charge is 2.30. The maximum Gasteiger partial charge on any atom is 0.416 e. The third kappa shape index (κ3) is 3.11. The van der Waals surface area contributed by atoms with Crippen LogP contribution in [0.5, 0.6) is 0 Å². The van der Waals surface area contributed by atoms with E-state index in [0.717, 1.165) is 12.1 Å². The molecule has 0 atom stereocenters. The zero-order valence-electron chi connectivity index (χ0n) is 8.05. The lowest BCUT2D eigenvalue weighted by Crippen LogP contribution is -2.05. The van der Waals surface area contributed by atoms with Crippen molar-refractivity contribution in [1.29, 1.82) is 5.26 Å². The maximum atomic E-state index is 12.4. The van der Waals surface area contributed by atoms with E-state index in [1.807, 2.05) is 0 Å². The van der Waals surface area contributed by atoms with Gasteiger partial charge in [0.2, 0.25) is 0 Å². The molecule has 0 radical (unpaired) electrons. The number of alkyl halides is 4. The first-order valence-corrected chi connectivity index (χ1v) is 5.45. The second-order valence-corrected chi connectivity index (χ2v) is 3.62. The largest absolute Gasteiger partial charge is 0.416 e. The van der Waals surface area contributed by atoms with Gasteiger partial charge in [-0.2, -0.15) is 18.4 Å². The van der Waals surface area contributed by atoms with Gasteiger partial charge in [-0.15, -0.1) is 0 Å². The summed E-state index contributed by atoms with van der Waals surface area (Å²) in [7, 11) is 0. The summed E-state index contributed by atoms with van der Waals surface area (Å²) in [5, 5.41) is 9.33. The third-order valence-corrected chi connectivity index (χ3v) is 2.26. The van der Waals surface area contributed by atoms with Crippen molar-refractivity contribution in [2.45, 2.75) is 6.18 Å². The number of nitrogens with zero attached hydrogens (tertiary/aromatic N) is 1. The quantitative estimate of drug-likeness (QED) is 0.756. The van der Waals surface area contributed by atoms with Gasteiger partial charge in [0.15, 0.2) is 0 Å². The van der Waals surface area contributed by atoms with Crippen LogP contribution in [0.2, 0.25) is 0 Å². The van der Waals surface area contributed by atoms with Gasteiger partial charge in [-0.1, -0.05) is 34.1 Å². The average molecular weight is 290 g/mol.